The Morgan fingerprint density at radius 1 is 0.870 bits per heavy atom. The Bertz CT molecular complexity index is 987. The molecule has 0 amide bonds. The summed E-state index contributed by atoms with van der Waals surface area (Å²) in [6.07, 6.45) is 0. The number of hydrogen-bond donors (Lipinski definition) is 0. The minimum absolute atomic E-state index is 1.04. The van der Waals surface area contributed by atoms with Crippen molar-refractivity contribution in [2.75, 3.05) is 0 Å². The molecule has 0 saturated heterocycles. The Labute approximate surface area is 139 Å². The molecular weight excluding hydrogens is 300 g/mol. The molecule has 0 fully saturated rings. The average molecular weight is 317 g/mol. The fourth-order valence-corrected chi connectivity index (χ4v) is 3.89. The second kappa shape index (κ2) is 5.60. The quantitative estimate of drug-likeness (QED) is 0.487. The summed E-state index contributed by atoms with van der Waals surface area (Å²) in [5.74, 6) is 0. The van der Waals surface area contributed by atoms with Gasteiger partial charge in [-0.3, -0.25) is 0 Å². The average Bonchev–Trinajstić information content (AvgIpc) is 3.02. The highest BCUT2D eigenvalue weighted by Gasteiger charge is 2.20. The van der Waals surface area contributed by atoms with Gasteiger partial charge in [-0.05, 0) is 41.7 Å². The molecule has 0 aliphatic heterocycles. The molecule has 2 nitrogen and oxygen atoms in total. The van der Waals surface area contributed by atoms with Gasteiger partial charge in [0.25, 0.3) is 0 Å². The zero-order chi connectivity index (χ0) is 15.8. The van der Waals surface area contributed by atoms with Crippen molar-refractivity contribution in [2.24, 2.45) is 7.05 Å². The fraction of sp³-hybridized carbons (Fsp3) is 0.100. The van der Waals surface area contributed by atoms with E-state index < -0.39 is 0 Å². The van der Waals surface area contributed by atoms with E-state index in [1.807, 2.05) is 6.07 Å². The summed E-state index contributed by atoms with van der Waals surface area (Å²) < 4.78 is 3.41. The van der Waals surface area contributed by atoms with Crippen LogP contribution in [0.4, 0.5) is 0 Å². The van der Waals surface area contributed by atoms with Crippen LogP contribution < -0.4 is 4.57 Å². The molecule has 0 spiro atoms. The van der Waals surface area contributed by atoms with Crippen LogP contribution in [0, 0.1) is 6.92 Å². The van der Waals surface area contributed by atoms with Crippen molar-refractivity contribution >= 4 is 21.7 Å². The molecule has 0 N–H and O–H groups in total. The molecule has 0 aliphatic carbocycles. The number of rotatable bonds is 2. The zero-order valence-electron chi connectivity index (χ0n) is 13.2. The van der Waals surface area contributed by atoms with Gasteiger partial charge in [0.2, 0.25) is 5.01 Å². The van der Waals surface area contributed by atoms with Gasteiger partial charge in [-0.2, -0.15) is 0 Å². The molecule has 23 heavy (non-hydrogen) atoms. The highest BCUT2D eigenvalue weighted by atomic mass is 32.1. The maximum absolute atomic E-state index is 4.88. The summed E-state index contributed by atoms with van der Waals surface area (Å²) in [4.78, 5) is 4.88. The first kappa shape index (κ1) is 14.1. The lowest BCUT2D eigenvalue weighted by molar-refractivity contribution is -0.635. The van der Waals surface area contributed by atoms with E-state index in [4.69, 9.17) is 4.98 Å². The lowest BCUT2D eigenvalue weighted by atomic mass is 10.1. The summed E-state index contributed by atoms with van der Waals surface area (Å²) in [6.45, 7) is 2.15. The van der Waals surface area contributed by atoms with Crippen LogP contribution in [0.3, 0.4) is 0 Å². The van der Waals surface area contributed by atoms with Gasteiger partial charge in [-0.1, -0.05) is 53.8 Å². The molecule has 112 valence electrons. The van der Waals surface area contributed by atoms with Crippen molar-refractivity contribution in [2.45, 2.75) is 6.92 Å². The number of hydrogen-bond acceptors (Lipinski definition) is 2. The standard InChI is InChI=1S/C20H17N2S/c1-14-8-6-7-11-16(14)17-12-13-18-19(22(17)2)21-20(23-18)15-9-4-3-5-10-15/h3-13H,1-2H3/q+1. The van der Waals surface area contributed by atoms with Gasteiger partial charge in [0.05, 0.1) is 7.05 Å². The first-order valence-corrected chi connectivity index (χ1v) is 8.47. The van der Waals surface area contributed by atoms with Crippen LogP contribution in [-0.2, 0) is 7.05 Å². The number of fused-ring (bicyclic) bond motifs is 1. The molecule has 2 heterocycles. The van der Waals surface area contributed by atoms with Gasteiger partial charge >= 0.3 is 5.65 Å². The molecule has 2 aromatic carbocycles. The van der Waals surface area contributed by atoms with Crippen LogP contribution in [0.5, 0.6) is 0 Å². The van der Waals surface area contributed by atoms with Gasteiger partial charge in [0, 0.05) is 11.1 Å². The van der Waals surface area contributed by atoms with E-state index in [1.54, 1.807) is 11.3 Å². The Morgan fingerprint density at radius 3 is 2.39 bits per heavy atom. The highest BCUT2D eigenvalue weighted by molar-refractivity contribution is 7.21. The maximum atomic E-state index is 4.88. The van der Waals surface area contributed by atoms with Crippen molar-refractivity contribution in [1.82, 2.24) is 4.98 Å². The molecule has 0 atom stereocenters. The Morgan fingerprint density at radius 2 is 1.61 bits per heavy atom. The first-order chi connectivity index (χ1) is 11.2. The van der Waals surface area contributed by atoms with Crippen LogP contribution in [0.15, 0.2) is 66.7 Å². The second-order valence-electron chi connectivity index (χ2n) is 5.67. The Hall–Kier alpha value is -2.52. The minimum atomic E-state index is 1.04. The molecule has 0 radical (unpaired) electrons. The fourth-order valence-electron chi connectivity index (χ4n) is 2.89. The van der Waals surface area contributed by atoms with Crippen LogP contribution in [0.2, 0.25) is 0 Å². The maximum Gasteiger partial charge on any atom is 0.342 e. The third-order valence-electron chi connectivity index (χ3n) is 4.15. The Balaban J connectivity index is 1.91. The molecule has 3 heteroatoms. The van der Waals surface area contributed by atoms with Crippen molar-refractivity contribution in [3.8, 4) is 21.8 Å². The van der Waals surface area contributed by atoms with E-state index in [-0.39, 0.29) is 0 Å². The summed E-state index contributed by atoms with van der Waals surface area (Å²) in [5.41, 5.74) is 5.94. The topological polar surface area (TPSA) is 16.8 Å². The molecule has 0 unspecified atom stereocenters. The Kier molecular flexibility index (Phi) is 3.43. The lowest BCUT2D eigenvalue weighted by Crippen LogP contribution is -2.32. The summed E-state index contributed by atoms with van der Waals surface area (Å²) in [5, 5.41) is 1.07. The smallest absolute Gasteiger partial charge is 0.225 e. The van der Waals surface area contributed by atoms with Crippen LogP contribution in [0.25, 0.3) is 32.2 Å². The largest absolute Gasteiger partial charge is 0.342 e. The number of aryl methyl sites for hydroxylation is 2. The molecule has 4 rings (SSSR count). The van der Waals surface area contributed by atoms with Gasteiger partial charge in [-0.25, -0.2) is 4.57 Å². The van der Waals surface area contributed by atoms with Crippen molar-refractivity contribution in [1.29, 1.82) is 0 Å². The SMILES string of the molecule is Cc1ccccc1-c1ccc2sc(-c3ccccc3)nc2[n+]1C. The normalized spacial score (nSPS) is 11.0. The van der Waals surface area contributed by atoms with E-state index in [0.29, 0.717) is 0 Å². The van der Waals surface area contributed by atoms with E-state index in [2.05, 4.69) is 79.2 Å². The summed E-state index contributed by atoms with van der Waals surface area (Å²) in [6, 6.07) is 23.2. The number of pyridine rings is 1. The molecule has 0 aliphatic rings. The lowest BCUT2D eigenvalue weighted by Gasteiger charge is -2.06. The molecule has 4 aromatic rings. The first-order valence-electron chi connectivity index (χ1n) is 7.65. The predicted octanol–water partition coefficient (Wildman–Crippen LogP) is 4.76. The third kappa shape index (κ3) is 2.43. The van der Waals surface area contributed by atoms with Gasteiger partial charge in [0.1, 0.15) is 10.4 Å². The van der Waals surface area contributed by atoms with E-state index in [9.17, 15) is 0 Å². The van der Waals surface area contributed by atoms with Gasteiger partial charge < -0.3 is 0 Å². The van der Waals surface area contributed by atoms with E-state index >= 15 is 0 Å². The number of benzene rings is 2. The van der Waals surface area contributed by atoms with Gasteiger partial charge in [0.15, 0.2) is 0 Å². The minimum Gasteiger partial charge on any atom is -0.225 e. The number of thiazole rings is 1. The highest BCUT2D eigenvalue weighted by Crippen LogP contribution is 2.30. The number of aromatic nitrogens is 2. The molecule has 0 saturated carbocycles. The molecule has 2 aromatic heterocycles. The predicted molar refractivity (Wildman–Crippen MR) is 96.4 cm³/mol. The van der Waals surface area contributed by atoms with Crippen molar-refractivity contribution < 1.29 is 4.57 Å². The summed E-state index contributed by atoms with van der Waals surface area (Å²) >= 11 is 1.74. The molecular formula is C20H17N2S+. The van der Waals surface area contributed by atoms with Crippen LogP contribution in [-0.4, -0.2) is 4.98 Å². The monoisotopic (exact) mass is 317 g/mol. The second-order valence-corrected chi connectivity index (χ2v) is 6.70. The number of nitrogens with zero attached hydrogens (tertiary/aromatic N) is 2. The summed E-state index contributed by atoms with van der Waals surface area (Å²) in [7, 11) is 2.10. The molecule has 0 bridgehead atoms. The van der Waals surface area contributed by atoms with Gasteiger partial charge in [-0.15, -0.1) is 0 Å². The van der Waals surface area contributed by atoms with Crippen molar-refractivity contribution in [3.63, 3.8) is 0 Å². The van der Waals surface area contributed by atoms with E-state index in [0.717, 1.165) is 10.7 Å². The van der Waals surface area contributed by atoms with Crippen LogP contribution in [0.1, 0.15) is 5.56 Å². The zero-order valence-corrected chi connectivity index (χ0v) is 14.0. The van der Waals surface area contributed by atoms with E-state index in [1.165, 1.54) is 27.1 Å². The van der Waals surface area contributed by atoms with Crippen LogP contribution >= 0.6 is 11.3 Å². The third-order valence-corrected chi connectivity index (χ3v) is 5.21. The van der Waals surface area contributed by atoms with Crippen molar-refractivity contribution in [3.05, 3.63) is 72.3 Å².